The smallest absolute Gasteiger partial charge is 0.122 e. The molecule has 1 fully saturated rings. The Kier molecular flexibility index (Phi) is 3.03. The molecule has 4 nitrogen and oxygen atoms in total. The standard InChI is InChI=1S/C12H14BrN3O/c13-10-5-15-16(8-10)7-9-3-4-17-12(9)6-14-11-1-2-11/h3-5,8,11,14H,1-2,6-7H2. The van der Waals surface area contributed by atoms with Crippen LogP contribution in [-0.2, 0) is 13.1 Å². The largest absolute Gasteiger partial charge is 0.468 e. The van der Waals surface area contributed by atoms with Crippen LogP contribution in [0, 0.1) is 0 Å². The van der Waals surface area contributed by atoms with Crippen molar-refractivity contribution in [1.29, 1.82) is 0 Å². The maximum absolute atomic E-state index is 5.51. The van der Waals surface area contributed by atoms with E-state index in [1.807, 2.05) is 16.9 Å². The molecule has 0 aromatic carbocycles. The highest BCUT2D eigenvalue weighted by Gasteiger charge is 2.21. The quantitative estimate of drug-likeness (QED) is 0.922. The van der Waals surface area contributed by atoms with Crippen LogP contribution in [0.1, 0.15) is 24.2 Å². The molecule has 0 atom stereocenters. The summed E-state index contributed by atoms with van der Waals surface area (Å²) in [6.07, 6.45) is 8.09. The van der Waals surface area contributed by atoms with Crippen molar-refractivity contribution in [3.8, 4) is 0 Å². The monoisotopic (exact) mass is 295 g/mol. The summed E-state index contributed by atoms with van der Waals surface area (Å²) in [6.45, 7) is 1.57. The number of furan rings is 1. The summed E-state index contributed by atoms with van der Waals surface area (Å²) in [7, 11) is 0. The average Bonchev–Trinajstić information content (AvgIpc) is 2.90. The lowest BCUT2D eigenvalue weighted by Crippen LogP contribution is -2.16. The second kappa shape index (κ2) is 4.66. The lowest BCUT2D eigenvalue weighted by atomic mass is 10.2. The molecule has 0 bridgehead atoms. The Bertz CT molecular complexity index is 501. The van der Waals surface area contributed by atoms with Crippen LogP contribution >= 0.6 is 15.9 Å². The number of nitrogens with zero attached hydrogens (tertiary/aromatic N) is 2. The van der Waals surface area contributed by atoms with E-state index >= 15 is 0 Å². The highest BCUT2D eigenvalue weighted by Crippen LogP contribution is 2.20. The van der Waals surface area contributed by atoms with E-state index < -0.39 is 0 Å². The predicted octanol–water partition coefficient (Wildman–Crippen LogP) is 2.54. The highest BCUT2D eigenvalue weighted by atomic mass is 79.9. The second-order valence-corrected chi connectivity index (χ2v) is 5.30. The molecule has 3 rings (SSSR count). The van der Waals surface area contributed by atoms with E-state index in [9.17, 15) is 0 Å². The van der Waals surface area contributed by atoms with Gasteiger partial charge < -0.3 is 9.73 Å². The minimum absolute atomic E-state index is 0.701. The van der Waals surface area contributed by atoms with Gasteiger partial charge >= 0.3 is 0 Å². The summed E-state index contributed by atoms with van der Waals surface area (Å²) in [4.78, 5) is 0. The van der Waals surface area contributed by atoms with E-state index in [0.717, 1.165) is 23.3 Å². The summed E-state index contributed by atoms with van der Waals surface area (Å²) in [6, 6.07) is 2.71. The molecule has 0 amide bonds. The van der Waals surface area contributed by atoms with E-state index in [0.29, 0.717) is 6.04 Å². The molecular formula is C12H14BrN3O. The third-order valence-corrected chi connectivity index (χ3v) is 3.31. The van der Waals surface area contributed by atoms with Gasteiger partial charge in [0.2, 0.25) is 0 Å². The van der Waals surface area contributed by atoms with Crippen LogP contribution in [0.25, 0.3) is 0 Å². The average molecular weight is 296 g/mol. The first kappa shape index (κ1) is 11.0. The number of nitrogens with one attached hydrogen (secondary N) is 1. The first-order chi connectivity index (χ1) is 8.31. The summed E-state index contributed by atoms with van der Waals surface area (Å²) in [5.74, 6) is 1.02. The van der Waals surface area contributed by atoms with Crippen LogP contribution in [0.5, 0.6) is 0 Å². The number of rotatable bonds is 5. The van der Waals surface area contributed by atoms with Gasteiger partial charge in [0.15, 0.2) is 0 Å². The second-order valence-electron chi connectivity index (χ2n) is 4.38. The SMILES string of the molecule is Brc1cnn(Cc2ccoc2CNC2CC2)c1. The molecule has 0 radical (unpaired) electrons. The summed E-state index contributed by atoms with van der Waals surface area (Å²) >= 11 is 3.39. The predicted molar refractivity (Wildman–Crippen MR) is 67.6 cm³/mol. The summed E-state index contributed by atoms with van der Waals surface area (Å²) in [5.41, 5.74) is 1.19. The third kappa shape index (κ3) is 2.79. The van der Waals surface area contributed by atoms with Gasteiger partial charge in [0.1, 0.15) is 5.76 Å². The Morgan fingerprint density at radius 3 is 3.12 bits per heavy atom. The fourth-order valence-electron chi connectivity index (χ4n) is 1.79. The van der Waals surface area contributed by atoms with Gasteiger partial charge in [0.05, 0.1) is 30.0 Å². The molecule has 1 N–H and O–H groups in total. The van der Waals surface area contributed by atoms with E-state index in [-0.39, 0.29) is 0 Å². The maximum Gasteiger partial charge on any atom is 0.122 e. The summed E-state index contributed by atoms with van der Waals surface area (Å²) < 4.78 is 8.40. The van der Waals surface area contributed by atoms with Gasteiger partial charge in [-0.25, -0.2) is 0 Å². The van der Waals surface area contributed by atoms with Gasteiger partial charge in [0.25, 0.3) is 0 Å². The number of aromatic nitrogens is 2. The number of hydrogen-bond acceptors (Lipinski definition) is 3. The van der Waals surface area contributed by atoms with Gasteiger partial charge in [0, 0.05) is 17.8 Å². The Balaban J connectivity index is 1.67. The van der Waals surface area contributed by atoms with E-state index in [2.05, 4.69) is 26.3 Å². The molecule has 2 aromatic rings. The molecule has 0 aliphatic heterocycles. The van der Waals surface area contributed by atoms with Crippen molar-refractivity contribution in [3.05, 3.63) is 40.5 Å². The van der Waals surface area contributed by atoms with Crippen molar-refractivity contribution in [2.45, 2.75) is 32.0 Å². The Hall–Kier alpha value is -1.07. The molecule has 17 heavy (non-hydrogen) atoms. The molecule has 0 unspecified atom stereocenters. The van der Waals surface area contributed by atoms with E-state index in [4.69, 9.17) is 4.42 Å². The molecule has 0 spiro atoms. The lowest BCUT2D eigenvalue weighted by Gasteiger charge is -2.04. The van der Waals surface area contributed by atoms with Crippen molar-refractivity contribution >= 4 is 15.9 Å². The van der Waals surface area contributed by atoms with Crippen molar-refractivity contribution < 1.29 is 4.42 Å². The Morgan fingerprint density at radius 2 is 2.41 bits per heavy atom. The van der Waals surface area contributed by atoms with Gasteiger partial charge in [-0.05, 0) is 34.8 Å². The molecule has 1 aliphatic rings. The fourth-order valence-corrected chi connectivity index (χ4v) is 2.11. The van der Waals surface area contributed by atoms with Gasteiger partial charge in [-0.2, -0.15) is 5.10 Å². The zero-order valence-corrected chi connectivity index (χ0v) is 11.0. The van der Waals surface area contributed by atoms with Crippen LogP contribution in [0.3, 0.4) is 0 Å². The first-order valence-electron chi connectivity index (χ1n) is 5.78. The number of hydrogen-bond donors (Lipinski definition) is 1. The number of halogens is 1. The van der Waals surface area contributed by atoms with Gasteiger partial charge in [-0.3, -0.25) is 4.68 Å². The summed E-state index contributed by atoms with van der Waals surface area (Å²) in [5, 5.41) is 7.70. The molecule has 2 heterocycles. The van der Waals surface area contributed by atoms with Crippen molar-refractivity contribution in [2.75, 3.05) is 0 Å². The fraction of sp³-hybridized carbons (Fsp3) is 0.417. The molecular weight excluding hydrogens is 282 g/mol. The Morgan fingerprint density at radius 1 is 1.53 bits per heavy atom. The Labute approximate surface area is 108 Å². The van der Waals surface area contributed by atoms with Crippen LogP contribution in [0.15, 0.2) is 33.6 Å². The van der Waals surface area contributed by atoms with Crippen LogP contribution in [0.2, 0.25) is 0 Å². The zero-order valence-electron chi connectivity index (χ0n) is 9.40. The van der Waals surface area contributed by atoms with Crippen molar-refractivity contribution in [3.63, 3.8) is 0 Å². The van der Waals surface area contributed by atoms with Crippen molar-refractivity contribution in [2.24, 2.45) is 0 Å². The van der Waals surface area contributed by atoms with Gasteiger partial charge in [-0.15, -0.1) is 0 Å². The molecule has 5 heteroatoms. The molecule has 2 aromatic heterocycles. The van der Waals surface area contributed by atoms with Crippen LogP contribution in [-0.4, -0.2) is 15.8 Å². The lowest BCUT2D eigenvalue weighted by molar-refractivity contribution is 0.474. The van der Waals surface area contributed by atoms with Crippen LogP contribution < -0.4 is 5.32 Å². The molecule has 0 saturated heterocycles. The van der Waals surface area contributed by atoms with E-state index in [1.165, 1.54) is 18.4 Å². The topological polar surface area (TPSA) is 43.0 Å². The van der Waals surface area contributed by atoms with Crippen molar-refractivity contribution in [1.82, 2.24) is 15.1 Å². The minimum atomic E-state index is 0.701. The van der Waals surface area contributed by atoms with E-state index in [1.54, 1.807) is 12.5 Å². The van der Waals surface area contributed by atoms with Crippen LogP contribution in [0.4, 0.5) is 0 Å². The molecule has 1 saturated carbocycles. The highest BCUT2D eigenvalue weighted by molar-refractivity contribution is 9.10. The molecule has 1 aliphatic carbocycles. The maximum atomic E-state index is 5.51. The normalized spacial score (nSPS) is 15.4. The first-order valence-corrected chi connectivity index (χ1v) is 6.57. The molecule has 90 valence electrons. The zero-order chi connectivity index (χ0) is 11.7. The minimum Gasteiger partial charge on any atom is -0.468 e. The van der Waals surface area contributed by atoms with Gasteiger partial charge in [-0.1, -0.05) is 0 Å². The third-order valence-electron chi connectivity index (χ3n) is 2.90.